The molecule has 0 bridgehead atoms. The summed E-state index contributed by atoms with van der Waals surface area (Å²) in [5.74, 6) is 0. The molecule has 0 unspecified atom stereocenters. The Morgan fingerprint density at radius 1 is 0.238 bits per heavy atom. The normalized spacial score (nSPS) is 6.43. The van der Waals surface area contributed by atoms with Gasteiger partial charge in [-0.05, 0) is 0 Å². The van der Waals surface area contributed by atoms with Crippen molar-refractivity contribution < 1.29 is 105 Å². The summed E-state index contributed by atoms with van der Waals surface area (Å²) in [5, 5.41) is 126. The number of hydrogen-bond donors (Lipinski definition) is 0. The summed E-state index contributed by atoms with van der Waals surface area (Å²) in [4.78, 5) is 0. The fourth-order valence-electron chi connectivity index (χ4n) is 0. The van der Waals surface area contributed by atoms with Crippen LogP contribution in [0.5, 0.6) is 0 Å². The maximum absolute atomic E-state index is 8.42. The third-order valence-corrected chi connectivity index (χ3v) is 0. The van der Waals surface area contributed by atoms with E-state index < -0.39 is 36.6 Å². The molecule has 0 aromatic carbocycles. The Balaban J connectivity index is -0.0000000331. The van der Waals surface area contributed by atoms with Crippen molar-refractivity contribution in [2.45, 2.75) is 0 Å². The van der Waals surface area contributed by atoms with Gasteiger partial charge < -0.3 is 75.4 Å². The zero-order valence-corrected chi connectivity index (χ0v) is 12.0. The average Bonchev–Trinajstić information content (AvgIpc) is 1.94. The van der Waals surface area contributed by atoms with Crippen LogP contribution < -0.4 is 105 Å². The molecule has 0 aliphatic heterocycles. The average molecular weight is 317 g/mol. The van der Waals surface area contributed by atoms with Crippen molar-refractivity contribution >= 4 is 36.6 Å². The fraction of sp³-hybridized carbons (Fsp3) is 0. The van der Waals surface area contributed by atoms with Gasteiger partial charge in [-0.2, -0.15) is 0 Å². The van der Waals surface area contributed by atoms with Crippen LogP contribution in [0.15, 0.2) is 0 Å². The van der Waals surface area contributed by atoms with Crippen molar-refractivity contribution in [2.75, 3.05) is 0 Å². The minimum absolute atomic E-state index is 0. The van der Waals surface area contributed by atoms with E-state index in [9.17, 15) is 0 Å². The van der Waals surface area contributed by atoms with Crippen LogP contribution in [-0.2, 0) is 0 Å². The first kappa shape index (κ1) is 37.7. The number of rotatable bonds is 0. The van der Waals surface area contributed by atoms with Crippen molar-refractivity contribution in [3.05, 3.63) is 0 Å². The molecule has 0 heterocycles. The van der Waals surface area contributed by atoms with E-state index >= 15 is 0 Å². The van der Waals surface area contributed by atoms with E-state index in [4.69, 9.17) is 75.4 Å². The Bertz CT molecular complexity index is 80.6. The third-order valence-electron chi connectivity index (χ3n) is 0. The molecule has 0 spiro atoms. The molecule has 0 radical (unpaired) electrons. The minimum atomic E-state index is -2.92. The summed E-state index contributed by atoms with van der Waals surface area (Å²) in [5.41, 5.74) is 0. The Morgan fingerprint density at radius 3 is 0.238 bits per heavy atom. The van der Waals surface area contributed by atoms with Crippen molar-refractivity contribution in [3.63, 3.8) is 0 Å². The molecule has 0 rings (SSSR count). The summed E-state index contributed by atoms with van der Waals surface area (Å²) in [7, 11) is -14.6. The molecule has 0 fully saturated rings. The summed E-state index contributed by atoms with van der Waals surface area (Å²) in [6.45, 7) is 0. The molecule has 0 N–H and O–H groups in total. The molecule has 21 heteroatoms. The van der Waals surface area contributed by atoms with Gasteiger partial charge in [-0.3, -0.25) is 36.6 Å². The van der Waals surface area contributed by atoms with Crippen LogP contribution in [-0.4, -0.2) is 36.6 Å². The fourth-order valence-corrected chi connectivity index (χ4v) is 0. The molecular formula is B5NaO15-14. The van der Waals surface area contributed by atoms with Crippen LogP contribution in [0, 0.1) is 0 Å². The SMILES string of the molecule is [Na+].[O-]B([O-])[O-].[O-]B([O-])[O-].[O-]B([O-])[O-].[O-]B([O-])[O-].[O-]B([O-])[O-]. The van der Waals surface area contributed by atoms with Gasteiger partial charge in [0.2, 0.25) is 0 Å². The Morgan fingerprint density at radius 2 is 0.238 bits per heavy atom. The second-order valence-corrected chi connectivity index (χ2v) is 1.44. The van der Waals surface area contributed by atoms with E-state index in [1.54, 1.807) is 0 Å². The zero-order valence-electron chi connectivity index (χ0n) is 10.0. The minimum Gasteiger partial charge on any atom is -0.907 e. The Hall–Kier alpha value is 0.725. The van der Waals surface area contributed by atoms with Gasteiger partial charge in [-0.25, -0.2) is 0 Å². The van der Waals surface area contributed by atoms with E-state index in [2.05, 4.69) is 0 Å². The van der Waals surface area contributed by atoms with Gasteiger partial charge >= 0.3 is 29.6 Å². The van der Waals surface area contributed by atoms with Gasteiger partial charge in [0, 0.05) is 0 Å². The molecular weight excluding hydrogens is 317 g/mol. The molecule has 0 aromatic heterocycles. The first-order valence-electron chi connectivity index (χ1n) is 3.54. The molecule has 0 saturated heterocycles. The molecule has 0 aliphatic rings. The van der Waals surface area contributed by atoms with Crippen LogP contribution in [0.25, 0.3) is 0 Å². The van der Waals surface area contributed by atoms with E-state index in [-0.39, 0.29) is 29.6 Å². The Labute approximate surface area is 141 Å². The van der Waals surface area contributed by atoms with E-state index in [1.807, 2.05) is 0 Å². The first-order chi connectivity index (χ1) is 8.66. The molecule has 0 aliphatic carbocycles. The molecule has 0 atom stereocenters. The predicted molar refractivity (Wildman–Crippen MR) is 28.8 cm³/mol. The monoisotopic (exact) mass is 318 g/mol. The maximum atomic E-state index is 8.42. The van der Waals surface area contributed by atoms with E-state index in [1.165, 1.54) is 0 Å². The zero-order chi connectivity index (χ0) is 17.9. The number of hydrogen-bond acceptors (Lipinski definition) is 15. The molecule has 0 saturated carbocycles. The van der Waals surface area contributed by atoms with Gasteiger partial charge in [-0.1, -0.05) is 0 Å². The van der Waals surface area contributed by atoms with Crippen LogP contribution in [0.1, 0.15) is 0 Å². The van der Waals surface area contributed by atoms with Crippen molar-refractivity contribution in [2.24, 2.45) is 0 Å². The quantitative estimate of drug-likeness (QED) is 0.373. The summed E-state index contributed by atoms with van der Waals surface area (Å²) < 4.78 is 0. The molecule has 120 valence electrons. The van der Waals surface area contributed by atoms with Crippen LogP contribution >= 0.6 is 0 Å². The predicted octanol–water partition coefficient (Wildman–Crippen LogP) is -22.7. The first-order valence-corrected chi connectivity index (χ1v) is 3.54. The van der Waals surface area contributed by atoms with E-state index in [0.29, 0.717) is 0 Å². The van der Waals surface area contributed by atoms with Gasteiger partial charge in [0.1, 0.15) is 0 Å². The van der Waals surface area contributed by atoms with E-state index in [0.717, 1.165) is 0 Å². The second kappa shape index (κ2) is 32.6. The molecule has 0 aromatic rings. The Kier molecular flexibility index (Phi) is 58.6. The van der Waals surface area contributed by atoms with Crippen LogP contribution in [0.4, 0.5) is 0 Å². The van der Waals surface area contributed by atoms with Crippen LogP contribution in [0.3, 0.4) is 0 Å². The van der Waals surface area contributed by atoms with Crippen molar-refractivity contribution in [3.8, 4) is 0 Å². The molecule has 15 nitrogen and oxygen atoms in total. The van der Waals surface area contributed by atoms with Gasteiger partial charge in [0.05, 0.1) is 0 Å². The van der Waals surface area contributed by atoms with Gasteiger partial charge in [0.25, 0.3) is 0 Å². The standard InChI is InChI=1S/5BO3.Na/c5*2-1(3)4;/q5*-3;+1. The maximum Gasteiger partial charge on any atom is 1.00 e. The summed E-state index contributed by atoms with van der Waals surface area (Å²) in [6, 6.07) is 0. The molecule has 21 heavy (non-hydrogen) atoms. The van der Waals surface area contributed by atoms with Crippen LogP contribution in [0.2, 0.25) is 0 Å². The summed E-state index contributed by atoms with van der Waals surface area (Å²) >= 11 is 0. The smallest absolute Gasteiger partial charge is 0.907 e. The summed E-state index contributed by atoms with van der Waals surface area (Å²) in [6.07, 6.45) is 0. The van der Waals surface area contributed by atoms with Crippen molar-refractivity contribution in [1.29, 1.82) is 0 Å². The third kappa shape index (κ3) is 13800. The largest absolute Gasteiger partial charge is 1.00 e. The van der Waals surface area contributed by atoms with Gasteiger partial charge in [-0.15, -0.1) is 0 Å². The van der Waals surface area contributed by atoms with Gasteiger partial charge in [0.15, 0.2) is 0 Å². The topological polar surface area (TPSA) is 346 Å². The second-order valence-electron chi connectivity index (χ2n) is 1.44. The molecule has 0 amide bonds. The van der Waals surface area contributed by atoms with Crippen molar-refractivity contribution in [1.82, 2.24) is 0 Å².